The van der Waals surface area contributed by atoms with Crippen molar-refractivity contribution >= 4 is 11.4 Å². The number of nitrogens with one attached hydrogen (secondary N) is 1. The Balaban J connectivity index is 3.38. The zero-order valence-electron chi connectivity index (χ0n) is 7.18. The molecule has 1 rings (SSSR count). The predicted molar refractivity (Wildman–Crippen MR) is 49.8 cm³/mol. The summed E-state index contributed by atoms with van der Waals surface area (Å²) in [4.78, 5) is 0. The van der Waals surface area contributed by atoms with Crippen molar-refractivity contribution in [1.29, 1.82) is 5.41 Å². The third-order valence-electron chi connectivity index (χ3n) is 1.67. The SMILES string of the molecule is CC(=N)c1c(N)cc(C)cc1O. The summed E-state index contributed by atoms with van der Waals surface area (Å²) in [7, 11) is 0. The van der Waals surface area contributed by atoms with E-state index in [0.717, 1.165) is 5.56 Å². The zero-order chi connectivity index (χ0) is 9.30. The number of anilines is 1. The molecule has 0 radical (unpaired) electrons. The minimum Gasteiger partial charge on any atom is -0.507 e. The number of hydrogen-bond donors (Lipinski definition) is 3. The van der Waals surface area contributed by atoms with E-state index < -0.39 is 0 Å². The van der Waals surface area contributed by atoms with Gasteiger partial charge < -0.3 is 16.2 Å². The fourth-order valence-electron chi connectivity index (χ4n) is 1.20. The smallest absolute Gasteiger partial charge is 0.126 e. The first-order valence-electron chi connectivity index (χ1n) is 3.67. The van der Waals surface area contributed by atoms with Gasteiger partial charge >= 0.3 is 0 Å². The molecule has 0 saturated carbocycles. The van der Waals surface area contributed by atoms with Gasteiger partial charge in [-0.05, 0) is 31.5 Å². The van der Waals surface area contributed by atoms with Crippen molar-refractivity contribution in [3.63, 3.8) is 0 Å². The van der Waals surface area contributed by atoms with Gasteiger partial charge in [-0.2, -0.15) is 0 Å². The predicted octanol–water partition coefficient (Wildman–Crippen LogP) is 1.67. The number of phenols is 1. The van der Waals surface area contributed by atoms with E-state index in [1.54, 1.807) is 19.1 Å². The number of benzene rings is 1. The van der Waals surface area contributed by atoms with Crippen LogP contribution in [0.2, 0.25) is 0 Å². The molecule has 0 atom stereocenters. The van der Waals surface area contributed by atoms with Crippen LogP contribution in [0.3, 0.4) is 0 Å². The summed E-state index contributed by atoms with van der Waals surface area (Å²) in [5.41, 5.74) is 7.69. The third kappa shape index (κ3) is 1.39. The highest BCUT2D eigenvalue weighted by Gasteiger charge is 2.07. The molecule has 3 nitrogen and oxygen atoms in total. The first-order valence-corrected chi connectivity index (χ1v) is 3.67. The molecule has 0 unspecified atom stereocenters. The van der Waals surface area contributed by atoms with E-state index in [-0.39, 0.29) is 11.5 Å². The summed E-state index contributed by atoms with van der Waals surface area (Å²) < 4.78 is 0. The lowest BCUT2D eigenvalue weighted by atomic mass is 10.1. The van der Waals surface area contributed by atoms with Gasteiger partial charge in [0.1, 0.15) is 5.75 Å². The van der Waals surface area contributed by atoms with Gasteiger partial charge in [0.15, 0.2) is 0 Å². The largest absolute Gasteiger partial charge is 0.507 e. The monoisotopic (exact) mass is 164 g/mol. The lowest BCUT2D eigenvalue weighted by Crippen LogP contribution is -2.00. The summed E-state index contributed by atoms with van der Waals surface area (Å²) in [6.45, 7) is 3.44. The molecule has 0 bridgehead atoms. The van der Waals surface area contributed by atoms with Crippen LogP contribution in [0.15, 0.2) is 12.1 Å². The Bertz CT molecular complexity index is 308. The number of hydrogen-bond acceptors (Lipinski definition) is 3. The Morgan fingerprint density at radius 1 is 1.50 bits per heavy atom. The normalized spacial score (nSPS) is 9.83. The van der Waals surface area contributed by atoms with E-state index in [0.29, 0.717) is 11.3 Å². The van der Waals surface area contributed by atoms with Crippen molar-refractivity contribution in [2.75, 3.05) is 5.73 Å². The third-order valence-corrected chi connectivity index (χ3v) is 1.67. The van der Waals surface area contributed by atoms with Crippen molar-refractivity contribution < 1.29 is 5.11 Å². The minimum absolute atomic E-state index is 0.0833. The molecular formula is C9H12N2O. The highest BCUT2D eigenvalue weighted by molar-refractivity contribution is 6.03. The van der Waals surface area contributed by atoms with Crippen LogP contribution in [-0.4, -0.2) is 10.8 Å². The van der Waals surface area contributed by atoms with Gasteiger partial charge in [-0.1, -0.05) is 0 Å². The molecule has 1 aromatic rings. The molecule has 0 aliphatic rings. The molecule has 0 amide bonds. The molecule has 0 fully saturated rings. The van der Waals surface area contributed by atoms with Gasteiger partial charge in [0.2, 0.25) is 0 Å². The number of nitrogen functional groups attached to an aromatic ring is 1. The molecule has 64 valence electrons. The van der Waals surface area contributed by atoms with Crippen molar-refractivity contribution in [2.45, 2.75) is 13.8 Å². The van der Waals surface area contributed by atoms with Crippen LogP contribution in [0.4, 0.5) is 5.69 Å². The Morgan fingerprint density at radius 2 is 2.08 bits per heavy atom. The van der Waals surface area contributed by atoms with Gasteiger partial charge in [-0.3, -0.25) is 0 Å². The molecule has 0 spiro atoms. The lowest BCUT2D eigenvalue weighted by molar-refractivity contribution is 0.474. The number of rotatable bonds is 1. The number of phenolic OH excluding ortho intramolecular Hbond substituents is 1. The quantitative estimate of drug-likeness (QED) is 0.436. The van der Waals surface area contributed by atoms with E-state index in [2.05, 4.69) is 0 Å². The van der Waals surface area contributed by atoms with E-state index in [9.17, 15) is 5.11 Å². The van der Waals surface area contributed by atoms with Gasteiger partial charge in [-0.25, -0.2) is 0 Å². The van der Waals surface area contributed by atoms with Crippen LogP contribution < -0.4 is 5.73 Å². The van der Waals surface area contributed by atoms with Gasteiger partial charge in [0, 0.05) is 11.4 Å². The molecular weight excluding hydrogens is 152 g/mol. The zero-order valence-corrected chi connectivity index (χ0v) is 7.18. The topological polar surface area (TPSA) is 70.1 Å². The Kier molecular flexibility index (Phi) is 2.04. The standard InChI is InChI=1S/C9H12N2O/c1-5-3-7(11)9(6(2)10)8(12)4-5/h3-4,10,12H,11H2,1-2H3. The summed E-state index contributed by atoms with van der Waals surface area (Å²) in [5, 5.41) is 16.8. The molecule has 0 heterocycles. The average molecular weight is 164 g/mol. The Hall–Kier alpha value is -1.51. The van der Waals surface area contributed by atoms with Gasteiger partial charge in [0.05, 0.1) is 5.56 Å². The van der Waals surface area contributed by atoms with Crippen molar-refractivity contribution in [2.24, 2.45) is 0 Å². The molecule has 0 aliphatic carbocycles. The van der Waals surface area contributed by atoms with Crippen molar-refractivity contribution in [3.8, 4) is 5.75 Å². The van der Waals surface area contributed by atoms with E-state index in [1.807, 2.05) is 6.92 Å². The fraction of sp³-hybridized carbons (Fsp3) is 0.222. The lowest BCUT2D eigenvalue weighted by Gasteiger charge is -2.07. The molecule has 3 heteroatoms. The minimum atomic E-state index is 0.0833. The summed E-state index contributed by atoms with van der Waals surface area (Å²) in [6.07, 6.45) is 0. The molecule has 1 aromatic carbocycles. The van der Waals surface area contributed by atoms with Crippen LogP contribution in [0.25, 0.3) is 0 Å². The summed E-state index contributed by atoms with van der Waals surface area (Å²) >= 11 is 0. The van der Waals surface area contributed by atoms with Crippen LogP contribution in [0, 0.1) is 12.3 Å². The second kappa shape index (κ2) is 2.85. The molecule has 0 saturated heterocycles. The maximum Gasteiger partial charge on any atom is 0.126 e. The summed E-state index contributed by atoms with van der Waals surface area (Å²) in [6, 6.07) is 3.34. The number of aromatic hydroxyl groups is 1. The maximum absolute atomic E-state index is 9.42. The van der Waals surface area contributed by atoms with Crippen LogP contribution >= 0.6 is 0 Å². The molecule has 12 heavy (non-hydrogen) atoms. The number of nitrogens with two attached hydrogens (primary N) is 1. The second-order valence-corrected chi connectivity index (χ2v) is 2.87. The van der Waals surface area contributed by atoms with Crippen LogP contribution in [0.1, 0.15) is 18.1 Å². The first kappa shape index (κ1) is 8.59. The van der Waals surface area contributed by atoms with E-state index >= 15 is 0 Å². The fourth-order valence-corrected chi connectivity index (χ4v) is 1.20. The Labute approximate surface area is 71.3 Å². The van der Waals surface area contributed by atoms with Crippen LogP contribution in [0.5, 0.6) is 5.75 Å². The molecule has 0 aromatic heterocycles. The highest BCUT2D eigenvalue weighted by atomic mass is 16.3. The average Bonchev–Trinajstić information content (AvgIpc) is 1.82. The Morgan fingerprint density at radius 3 is 2.50 bits per heavy atom. The van der Waals surface area contributed by atoms with Gasteiger partial charge in [0.25, 0.3) is 0 Å². The molecule has 4 N–H and O–H groups in total. The molecule has 0 aliphatic heterocycles. The first-order chi connectivity index (χ1) is 5.52. The maximum atomic E-state index is 9.42. The number of aryl methyl sites for hydroxylation is 1. The van der Waals surface area contributed by atoms with Gasteiger partial charge in [-0.15, -0.1) is 0 Å². The summed E-state index contributed by atoms with van der Waals surface area (Å²) in [5.74, 6) is 0.0833. The van der Waals surface area contributed by atoms with Crippen molar-refractivity contribution in [3.05, 3.63) is 23.3 Å². The van der Waals surface area contributed by atoms with Crippen LogP contribution in [-0.2, 0) is 0 Å². The van der Waals surface area contributed by atoms with E-state index in [4.69, 9.17) is 11.1 Å². The van der Waals surface area contributed by atoms with Crippen molar-refractivity contribution in [1.82, 2.24) is 0 Å². The highest BCUT2D eigenvalue weighted by Crippen LogP contribution is 2.25. The second-order valence-electron chi connectivity index (χ2n) is 2.87. The van der Waals surface area contributed by atoms with E-state index in [1.165, 1.54) is 0 Å².